The molecule has 0 saturated carbocycles. The van der Waals surface area contributed by atoms with Gasteiger partial charge in [-0.25, -0.2) is 0 Å². The molecule has 1 aliphatic heterocycles. The van der Waals surface area contributed by atoms with Gasteiger partial charge in [-0.2, -0.15) is 0 Å². The highest BCUT2D eigenvalue weighted by molar-refractivity contribution is 9.09. The number of nitrogens with one attached hydrogen (secondary N) is 2. The summed E-state index contributed by atoms with van der Waals surface area (Å²) < 4.78 is 17.7. The van der Waals surface area contributed by atoms with E-state index in [1.54, 1.807) is 0 Å². The molecule has 172 valence electrons. The summed E-state index contributed by atoms with van der Waals surface area (Å²) in [6.07, 6.45) is 1.25. The molecule has 0 atom stereocenters. The van der Waals surface area contributed by atoms with E-state index in [-0.39, 0.29) is 22.5 Å². The average Bonchev–Trinajstić information content (AvgIpc) is 2.79. The highest BCUT2D eigenvalue weighted by Crippen LogP contribution is 2.34. The molecule has 9 heteroatoms. The Hall–Kier alpha value is -2.10. The van der Waals surface area contributed by atoms with E-state index in [0.717, 1.165) is 28.9 Å². The van der Waals surface area contributed by atoms with Gasteiger partial charge in [0, 0.05) is 28.9 Å². The quantitative estimate of drug-likeness (QED) is 0.525. The lowest BCUT2D eigenvalue weighted by molar-refractivity contribution is -0.114. The third-order valence-corrected chi connectivity index (χ3v) is 5.85. The molecule has 0 fully saturated rings. The fraction of sp³-hybridized carbons (Fsp3) is 0.391. The van der Waals surface area contributed by atoms with E-state index < -0.39 is 0 Å². The van der Waals surface area contributed by atoms with Gasteiger partial charge in [0.2, 0.25) is 11.8 Å². The predicted molar refractivity (Wildman–Crippen MR) is 132 cm³/mol. The van der Waals surface area contributed by atoms with Gasteiger partial charge in [-0.3, -0.25) is 9.59 Å². The summed E-state index contributed by atoms with van der Waals surface area (Å²) in [5, 5.41) is 6.20. The van der Waals surface area contributed by atoms with Crippen LogP contribution in [0, 0.1) is 0 Å². The molecular formula is C23H26Br2N2O5. The van der Waals surface area contributed by atoms with Gasteiger partial charge in [-0.15, -0.1) is 0 Å². The van der Waals surface area contributed by atoms with Gasteiger partial charge in [-0.1, -0.05) is 38.8 Å². The largest absolute Gasteiger partial charge is 0.491 e. The first-order valence-corrected chi connectivity index (χ1v) is 12.6. The Morgan fingerprint density at radius 2 is 1.53 bits per heavy atom. The first kappa shape index (κ1) is 24.5. The maximum absolute atomic E-state index is 12.0. The summed E-state index contributed by atoms with van der Waals surface area (Å²) in [5.74, 6) is 1.24. The molecule has 2 amide bonds. The Morgan fingerprint density at radius 3 is 2.22 bits per heavy atom. The van der Waals surface area contributed by atoms with E-state index in [1.807, 2.05) is 37.3 Å². The molecular weight excluding hydrogens is 544 g/mol. The first-order chi connectivity index (χ1) is 15.5. The number of aryl methyl sites for hydroxylation is 1. The number of carbonyl (C=O) groups is 2. The van der Waals surface area contributed by atoms with E-state index in [4.69, 9.17) is 14.2 Å². The molecule has 0 spiro atoms. The fourth-order valence-corrected chi connectivity index (χ4v) is 3.73. The Bertz CT molecular complexity index is 968. The van der Waals surface area contributed by atoms with Crippen molar-refractivity contribution < 1.29 is 23.8 Å². The molecule has 7 nitrogen and oxygen atoms in total. The van der Waals surface area contributed by atoms with Gasteiger partial charge in [0.05, 0.1) is 23.9 Å². The molecule has 2 N–H and O–H groups in total. The number of rotatable bonds is 5. The second-order valence-corrected chi connectivity index (χ2v) is 8.27. The van der Waals surface area contributed by atoms with Gasteiger partial charge in [0.15, 0.2) is 0 Å². The van der Waals surface area contributed by atoms with Gasteiger partial charge >= 0.3 is 0 Å². The lowest BCUT2D eigenvalue weighted by Crippen LogP contribution is -2.17. The number of hydrogen-bond acceptors (Lipinski definition) is 5. The molecule has 0 aliphatic carbocycles. The van der Waals surface area contributed by atoms with Crippen molar-refractivity contribution in [2.24, 2.45) is 0 Å². The number of halogens is 2. The minimum absolute atomic E-state index is 0.127. The lowest BCUT2D eigenvalue weighted by Gasteiger charge is -2.20. The Morgan fingerprint density at radius 1 is 0.875 bits per heavy atom. The maximum Gasteiger partial charge on any atom is 0.235 e. The van der Waals surface area contributed by atoms with Crippen LogP contribution in [0.1, 0.15) is 23.6 Å². The fourth-order valence-electron chi connectivity index (χ4n) is 3.45. The van der Waals surface area contributed by atoms with Crippen LogP contribution in [0.15, 0.2) is 30.3 Å². The Labute approximate surface area is 204 Å². The van der Waals surface area contributed by atoms with Crippen LogP contribution in [-0.2, 0) is 27.2 Å². The topological polar surface area (TPSA) is 85.9 Å². The minimum Gasteiger partial charge on any atom is -0.491 e. The summed E-state index contributed by atoms with van der Waals surface area (Å²) in [6.45, 7) is 3.79. The molecule has 2 aromatic rings. The van der Waals surface area contributed by atoms with E-state index in [2.05, 4.69) is 42.5 Å². The van der Waals surface area contributed by atoms with Crippen LogP contribution in [-0.4, -0.2) is 48.9 Å². The first-order valence-electron chi connectivity index (χ1n) is 10.4. The third-order valence-electron chi connectivity index (χ3n) is 4.83. The van der Waals surface area contributed by atoms with Crippen LogP contribution in [0.25, 0.3) is 0 Å². The van der Waals surface area contributed by atoms with Crippen molar-refractivity contribution in [3.63, 3.8) is 0 Å². The summed E-state index contributed by atoms with van der Waals surface area (Å²) in [5.41, 5.74) is 4.21. The number of amides is 2. The molecule has 0 unspecified atom stereocenters. The van der Waals surface area contributed by atoms with E-state index in [0.29, 0.717) is 50.0 Å². The van der Waals surface area contributed by atoms with Crippen LogP contribution in [0.4, 0.5) is 11.4 Å². The summed E-state index contributed by atoms with van der Waals surface area (Å²) >= 11 is 6.36. The zero-order chi connectivity index (χ0) is 22.9. The molecule has 0 aromatic heterocycles. The van der Waals surface area contributed by atoms with Gasteiger partial charge in [-0.05, 0) is 42.3 Å². The predicted octanol–water partition coefficient (Wildman–Crippen LogP) is 4.29. The van der Waals surface area contributed by atoms with Crippen molar-refractivity contribution >= 4 is 55.0 Å². The summed E-state index contributed by atoms with van der Waals surface area (Å²) in [6, 6.07) is 9.43. The summed E-state index contributed by atoms with van der Waals surface area (Å²) in [7, 11) is 0. The normalized spacial score (nSPS) is 13.8. The van der Waals surface area contributed by atoms with Crippen molar-refractivity contribution in [2.45, 2.75) is 19.8 Å². The van der Waals surface area contributed by atoms with Crippen molar-refractivity contribution in [1.29, 1.82) is 0 Å². The van der Waals surface area contributed by atoms with Crippen LogP contribution in [0.2, 0.25) is 0 Å². The molecule has 0 bridgehead atoms. The molecule has 32 heavy (non-hydrogen) atoms. The molecule has 1 heterocycles. The minimum atomic E-state index is -0.135. The van der Waals surface area contributed by atoms with Gasteiger partial charge in [0.25, 0.3) is 0 Å². The zero-order valence-electron chi connectivity index (χ0n) is 17.8. The van der Waals surface area contributed by atoms with Crippen LogP contribution in [0.3, 0.4) is 0 Å². The molecule has 3 rings (SSSR count). The molecule has 2 aromatic carbocycles. The molecule has 1 aliphatic rings. The number of alkyl halides is 2. The van der Waals surface area contributed by atoms with E-state index in [9.17, 15) is 9.59 Å². The smallest absolute Gasteiger partial charge is 0.235 e. The SMILES string of the molecule is CCc1cc(NC(=O)CBr)cc2c1OCCOCCOc1ccc(NC(=O)CBr)cc1C2. The Balaban J connectivity index is 2.05. The van der Waals surface area contributed by atoms with E-state index >= 15 is 0 Å². The highest BCUT2D eigenvalue weighted by atomic mass is 79.9. The van der Waals surface area contributed by atoms with Crippen LogP contribution < -0.4 is 20.1 Å². The average molecular weight is 570 g/mol. The van der Waals surface area contributed by atoms with E-state index in [1.165, 1.54) is 0 Å². The van der Waals surface area contributed by atoms with Crippen molar-refractivity contribution in [3.8, 4) is 11.5 Å². The second-order valence-electron chi connectivity index (χ2n) is 7.15. The third kappa shape index (κ3) is 6.70. The number of anilines is 2. The van der Waals surface area contributed by atoms with Crippen LogP contribution >= 0.6 is 31.9 Å². The Kier molecular flexibility index (Phi) is 9.37. The van der Waals surface area contributed by atoms with Crippen molar-refractivity contribution in [2.75, 3.05) is 47.7 Å². The van der Waals surface area contributed by atoms with Gasteiger partial charge < -0.3 is 24.8 Å². The van der Waals surface area contributed by atoms with Gasteiger partial charge in [0.1, 0.15) is 24.7 Å². The van der Waals surface area contributed by atoms with Crippen molar-refractivity contribution in [3.05, 3.63) is 47.0 Å². The number of carbonyl (C=O) groups excluding carboxylic acids is 2. The number of benzene rings is 2. The van der Waals surface area contributed by atoms with Crippen LogP contribution in [0.5, 0.6) is 11.5 Å². The number of ether oxygens (including phenoxy) is 3. The molecule has 0 radical (unpaired) electrons. The zero-order valence-corrected chi connectivity index (χ0v) is 21.0. The standard InChI is InChI=1S/C23H26Br2N2O5/c1-2-15-10-19(27-22(29)14-25)12-17-9-16-11-18(26-21(28)13-24)3-4-20(16)31-7-5-30-6-8-32-23(15)17/h3-4,10-12H,2,5-9,13-14H2,1H3,(H,26,28)(H,27,29). The second kappa shape index (κ2) is 12.2. The molecule has 0 saturated heterocycles. The number of fused-ring (bicyclic) bond motifs is 2. The number of hydrogen-bond donors (Lipinski definition) is 2. The van der Waals surface area contributed by atoms with Crippen molar-refractivity contribution in [1.82, 2.24) is 0 Å². The highest BCUT2D eigenvalue weighted by Gasteiger charge is 2.17. The summed E-state index contributed by atoms with van der Waals surface area (Å²) in [4.78, 5) is 23.8. The lowest BCUT2D eigenvalue weighted by atomic mass is 9.98. The monoisotopic (exact) mass is 568 g/mol. The maximum atomic E-state index is 12.0.